The summed E-state index contributed by atoms with van der Waals surface area (Å²) in [4.78, 5) is 11.7. The Hall–Kier alpha value is -1.39. The summed E-state index contributed by atoms with van der Waals surface area (Å²) in [5.74, 6) is -0.0894. The van der Waals surface area contributed by atoms with E-state index in [4.69, 9.17) is 4.74 Å². The maximum Gasteiger partial charge on any atom is 0.224 e. The number of nitrogens with one attached hydrogen (secondary N) is 1. The lowest BCUT2D eigenvalue weighted by Gasteiger charge is -2.11. The first kappa shape index (κ1) is 14.7. The summed E-state index contributed by atoms with van der Waals surface area (Å²) in [5.41, 5.74) is 3.38. The van der Waals surface area contributed by atoms with Crippen LogP contribution in [0.1, 0.15) is 16.7 Å². The highest BCUT2D eigenvalue weighted by Gasteiger charge is 2.07. The molecule has 1 amide bonds. The van der Waals surface area contributed by atoms with Gasteiger partial charge in [0.05, 0.1) is 19.1 Å². The van der Waals surface area contributed by atoms with E-state index in [2.05, 4.69) is 5.32 Å². The highest BCUT2D eigenvalue weighted by atomic mass is 16.5. The number of aliphatic hydroxyl groups is 1. The highest BCUT2D eigenvalue weighted by Crippen LogP contribution is 2.10. The molecule has 1 atom stereocenters. The molecular formula is C14H21NO3. The first-order valence-electron chi connectivity index (χ1n) is 6.02. The Morgan fingerprint density at radius 2 is 2.11 bits per heavy atom. The van der Waals surface area contributed by atoms with Crippen LogP contribution in [0.25, 0.3) is 0 Å². The Morgan fingerprint density at radius 3 is 2.72 bits per heavy atom. The zero-order chi connectivity index (χ0) is 13.5. The minimum Gasteiger partial charge on any atom is -0.389 e. The molecule has 0 saturated heterocycles. The number of amides is 1. The van der Waals surface area contributed by atoms with Crippen molar-refractivity contribution in [2.75, 3.05) is 20.3 Å². The van der Waals surface area contributed by atoms with Crippen LogP contribution in [-0.4, -0.2) is 37.4 Å². The van der Waals surface area contributed by atoms with E-state index in [1.54, 1.807) is 0 Å². The van der Waals surface area contributed by atoms with E-state index >= 15 is 0 Å². The van der Waals surface area contributed by atoms with Crippen molar-refractivity contribution in [3.05, 3.63) is 34.9 Å². The predicted octanol–water partition coefficient (Wildman–Crippen LogP) is 0.969. The predicted molar refractivity (Wildman–Crippen MR) is 70.5 cm³/mol. The van der Waals surface area contributed by atoms with Crippen molar-refractivity contribution in [1.29, 1.82) is 0 Å². The lowest BCUT2D eigenvalue weighted by molar-refractivity contribution is -0.121. The van der Waals surface area contributed by atoms with E-state index in [1.165, 1.54) is 18.2 Å². The molecule has 100 valence electrons. The van der Waals surface area contributed by atoms with E-state index in [-0.39, 0.29) is 19.1 Å². The third-order valence-corrected chi connectivity index (χ3v) is 2.83. The molecule has 0 spiro atoms. The molecule has 0 fully saturated rings. The molecule has 1 aromatic rings. The minimum absolute atomic E-state index is 0.0894. The molecule has 0 aromatic heterocycles. The van der Waals surface area contributed by atoms with Crippen LogP contribution in [0.2, 0.25) is 0 Å². The van der Waals surface area contributed by atoms with Crippen LogP contribution in [0.3, 0.4) is 0 Å². The molecule has 0 bridgehead atoms. The molecule has 2 N–H and O–H groups in total. The van der Waals surface area contributed by atoms with Gasteiger partial charge in [0.2, 0.25) is 5.91 Å². The molecule has 4 nitrogen and oxygen atoms in total. The van der Waals surface area contributed by atoms with Gasteiger partial charge in [-0.1, -0.05) is 18.2 Å². The zero-order valence-electron chi connectivity index (χ0n) is 11.2. The number of methoxy groups -OCH3 is 1. The fourth-order valence-electron chi connectivity index (χ4n) is 1.64. The van der Waals surface area contributed by atoms with E-state index in [1.807, 2.05) is 32.0 Å². The van der Waals surface area contributed by atoms with Crippen LogP contribution in [0.5, 0.6) is 0 Å². The summed E-state index contributed by atoms with van der Waals surface area (Å²) in [6.07, 6.45) is -0.320. The van der Waals surface area contributed by atoms with Gasteiger partial charge in [-0.15, -0.1) is 0 Å². The van der Waals surface area contributed by atoms with Crippen LogP contribution < -0.4 is 5.32 Å². The molecule has 0 heterocycles. The van der Waals surface area contributed by atoms with Crippen molar-refractivity contribution in [3.8, 4) is 0 Å². The number of rotatable bonds is 6. The first-order valence-corrected chi connectivity index (χ1v) is 6.02. The molecule has 0 radical (unpaired) electrons. The number of hydrogen-bond acceptors (Lipinski definition) is 3. The van der Waals surface area contributed by atoms with Gasteiger partial charge in [-0.3, -0.25) is 4.79 Å². The number of carbonyl (C=O) groups excluding carboxylic acids is 1. The Kier molecular flexibility index (Phi) is 5.82. The Bertz CT molecular complexity index is 404. The van der Waals surface area contributed by atoms with Gasteiger partial charge in [0.15, 0.2) is 0 Å². The van der Waals surface area contributed by atoms with Crippen molar-refractivity contribution in [3.63, 3.8) is 0 Å². The molecule has 0 aliphatic carbocycles. The molecule has 18 heavy (non-hydrogen) atoms. The lowest BCUT2D eigenvalue weighted by atomic mass is 10.0. The molecule has 0 saturated carbocycles. The average molecular weight is 251 g/mol. The summed E-state index contributed by atoms with van der Waals surface area (Å²) in [5, 5.41) is 12.1. The lowest BCUT2D eigenvalue weighted by Crippen LogP contribution is -2.35. The van der Waals surface area contributed by atoms with Crippen LogP contribution >= 0.6 is 0 Å². The SMILES string of the molecule is COCC(O)CNC(=O)Cc1ccc(C)c(C)c1. The third kappa shape index (κ3) is 4.85. The monoisotopic (exact) mass is 251 g/mol. The smallest absolute Gasteiger partial charge is 0.224 e. The summed E-state index contributed by atoms with van der Waals surface area (Å²) >= 11 is 0. The second-order valence-electron chi connectivity index (χ2n) is 4.51. The van der Waals surface area contributed by atoms with Crippen molar-refractivity contribution >= 4 is 5.91 Å². The van der Waals surface area contributed by atoms with Gasteiger partial charge < -0.3 is 15.2 Å². The Balaban J connectivity index is 2.42. The van der Waals surface area contributed by atoms with Gasteiger partial charge in [0, 0.05) is 13.7 Å². The maximum atomic E-state index is 11.7. The van der Waals surface area contributed by atoms with Crippen molar-refractivity contribution in [2.45, 2.75) is 26.4 Å². The Labute approximate surface area is 108 Å². The quantitative estimate of drug-likeness (QED) is 0.792. The second-order valence-corrected chi connectivity index (χ2v) is 4.51. The molecule has 4 heteroatoms. The minimum atomic E-state index is -0.654. The topological polar surface area (TPSA) is 58.6 Å². The van der Waals surface area contributed by atoms with Crippen LogP contribution in [-0.2, 0) is 16.0 Å². The summed E-state index contributed by atoms with van der Waals surface area (Å²) in [7, 11) is 1.51. The first-order chi connectivity index (χ1) is 8.52. The molecule has 1 unspecified atom stereocenters. The maximum absolute atomic E-state index is 11.7. The molecule has 0 aliphatic rings. The molecule has 1 aromatic carbocycles. The van der Waals surface area contributed by atoms with Gasteiger partial charge in [-0.25, -0.2) is 0 Å². The molecule has 1 rings (SSSR count). The van der Waals surface area contributed by atoms with Crippen LogP contribution in [0.4, 0.5) is 0 Å². The zero-order valence-corrected chi connectivity index (χ0v) is 11.2. The average Bonchev–Trinajstić information content (AvgIpc) is 2.32. The van der Waals surface area contributed by atoms with Gasteiger partial charge in [-0.2, -0.15) is 0 Å². The number of ether oxygens (including phenoxy) is 1. The standard InChI is InChI=1S/C14H21NO3/c1-10-4-5-12(6-11(10)2)7-14(17)15-8-13(16)9-18-3/h4-6,13,16H,7-9H2,1-3H3,(H,15,17). The van der Waals surface area contributed by atoms with Crippen molar-refractivity contribution in [1.82, 2.24) is 5.32 Å². The van der Waals surface area contributed by atoms with Crippen molar-refractivity contribution in [2.24, 2.45) is 0 Å². The number of aryl methyl sites for hydroxylation is 2. The van der Waals surface area contributed by atoms with Gasteiger partial charge >= 0.3 is 0 Å². The van der Waals surface area contributed by atoms with Gasteiger partial charge in [0.25, 0.3) is 0 Å². The van der Waals surface area contributed by atoms with E-state index < -0.39 is 6.10 Å². The molecule has 0 aliphatic heterocycles. The van der Waals surface area contributed by atoms with Crippen LogP contribution in [0, 0.1) is 13.8 Å². The van der Waals surface area contributed by atoms with Crippen molar-refractivity contribution < 1.29 is 14.6 Å². The van der Waals surface area contributed by atoms with E-state index in [9.17, 15) is 9.90 Å². The van der Waals surface area contributed by atoms with Gasteiger partial charge in [0.1, 0.15) is 0 Å². The van der Waals surface area contributed by atoms with Gasteiger partial charge in [-0.05, 0) is 30.5 Å². The second kappa shape index (κ2) is 7.13. The summed E-state index contributed by atoms with van der Waals surface area (Å²) in [6, 6.07) is 5.98. The Morgan fingerprint density at radius 1 is 1.39 bits per heavy atom. The summed E-state index contributed by atoms with van der Waals surface area (Å²) in [6.45, 7) is 4.51. The third-order valence-electron chi connectivity index (χ3n) is 2.83. The summed E-state index contributed by atoms with van der Waals surface area (Å²) < 4.78 is 4.78. The fourth-order valence-corrected chi connectivity index (χ4v) is 1.64. The molecular weight excluding hydrogens is 230 g/mol. The normalized spacial score (nSPS) is 12.2. The van der Waals surface area contributed by atoms with E-state index in [0.29, 0.717) is 6.42 Å². The number of aliphatic hydroxyl groups excluding tert-OH is 1. The van der Waals surface area contributed by atoms with E-state index in [0.717, 1.165) is 5.56 Å². The number of hydrogen-bond donors (Lipinski definition) is 2. The number of benzene rings is 1. The number of carbonyl (C=O) groups is 1. The van der Waals surface area contributed by atoms with Crippen LogP contribution in [0.15, 0.2) is 18.2 Å². The largest absolute Gasteiger partial charge is 0.389 e. The highest BCUT2D eigenvalue weighted by molar-refractivity contribution is 5.78. The fraction of sp³-hybridized carbons (Fsp3) is 0.500.